The van der Waals surface area contributed by atoms with Crippen molar-refractivity contribution in [3.63, 3.8) is 0 Å². The zero-order valence-corrected chi connectivity index (χ0v) is 24.1. The quantitative estimate of drug-likeness (QED) is 0.131. The molecule has 4 aromatic carbocycles. The van der Waals surface area contributed by atoms with Crippen molar-refractivity contribution in [2.24, 2.45) is 0 Å². The predicted molar refractivity (Wildman–Crippen MR) is 165 cm³/mol. The number of benzene rings is 4. The van der Waals surface area contributed by atoms with Gasteiger partial charge >= 0.3 is 11.9 Å². The molecule has 1 unspecified atom stereocenters. The van der Waals surface area contributed by atoms with Gasteiger partial charge in [0.05, 0.1) is 34.0 Å². The van der Waals surface area contributed by atoms with Crippen molar-refractivity contribution in [3.8, 4) is 5.75 Å². The molecule has 0 radical (unpaired) electrons. The maximum Gasteiger partial charge on any atom is 0.336 e. The maximum atomic E-state index is 13.6. The van der Waals surface area contributed by atoms with E-state index >= 15 is 0 Å². The third-order valence-corrected chi connectivity index (χ3v) is 8.44. The molecule has 1 heterocycles. The van der Waals surface area contributed by atoms with Gasteiger partial charge in [-0.25, -0.2) is 14.6 Å². The van der Waals surface area contributed by atoms with E-state index in [9.17, 15) is 29.4 Å². The number of hydrogen-bond donors (Lipinski definition) is 4. The Morgan fingerprint density at radius 1 is 0.837 bits per heavy atom. The minimum Gasteiger partial charge on any atom is -0.497 e. The molecule has 43 heavy (non-hydrogen) atoms. The number of thioether (sulfide) groups is 1. The van der Waals surface area contributed by atoms with Crippen molar-refractivity contribution < 1.29 is 34.1 Å². The molecule has 0 aliphatic heterocycles. The Hall–Kier alpha value is -5.20. The van der Waals surface area contributed by atoms with Gasteiger partial charge in [0.2, 0.25) is 5.91 Å². The first kappa shape index (κ1) is 29.3. The van der Waals surface area contributed by atoms with E-state index in [1.165, 1.54) is 29.2 Å². The lowest BCUT2D eigenvalue weighted by Gasteiger charge is -2.17. The first-order chi connectivity index (χ1) is 20.7. The lowest BCUT2D eigenvalue weighted by atomic mass is 10.0. The Morgan fingerprint density at radius 2 is 1.63 bits per heavy atom. The molecule has 1 atom stereocenters. The van der Waals surface area contributed by atoms with E-state index in [-0.39, 0.29) is 17.0 Å². The fourth-order valence-corrected chi connectivity index (χ4v) is 6.17. The highest BCUT2D eigenvalue weighted by atomic mass is 32.2. The number of anilines is 2. The molecule has 0 saturated carbocycles. The molecule has 0 fully saturated rings. The molecule has 5 aromatic rings. The van der Waals surface area contributed by atoms with E-state index in [1.54, 1.807) is 37.4 Å². The maximum absolute atomic E-state index is 13.6. The Labute approximate surface area is 253 Å². The topological polar surface area (TPSA) is 155 Å². The molecular weight excluding hydrogens is 590 g/mol. The average molecular weight is 614 g/mol. The monoisotopic (exact) mass is 613 g/mol. The van der Waals surface area contributed by atoms with E-state index in [0.717, 1.165) is 27.9 Å². The molecule has 4 N–H and O–H groups in total. The number of amides is 2. The standard InChI is InChI=1S/C31H23N3O7S2/c1-41-20-11-13-24-25(16-20)43-31(33-24)34-28(36)26(17-6-3-2-4-7-17)42-21-9-5-8-19(15-21)32-27(35)22-12-10-18(29(37)38)14-23(22)30(39)40/h2-16,26H,1H3,(H,32,35)(H,37,38)(H,39,40)(H,33,34,36). The van der Waals surface area contributed by atoms with E-state index in [0.29, 0.717) is 21.5 Å². The van der Waals surface area contributed by atoms with Crippen LogP contribution in [-0.4, -0.2) is 46.1 Å². The summed E-state index contributed by atoms with van der Waals surface area (Å²) in [6, 6.07) is 24.8. The van der Waals surface area contributed by atoms with Crippen molar-refractivity contribution in [1.29, 1.82) is 0 Å². The van der Waals surface area contributed by atoms with Crippen LogP contribution < -0.4 is 15.4 Å². The number of thiazole rings is 1. The van der Waals surface area contributed by atoms with Gasteiger partial charge in [-0.05, 0) is 60.2 Å². The van der Waals surface area contributed by atoms with E-state index < -0.39 is 28.7 Å². The Balaban J connectivity index is 1.37. The molecule has 0 saturated heterocycles. The summed E-state index contributed by atoms with van der Waals surface area (Å²) in [5.74, 6) is -3.06. The Bertz CT molecular complexity index is 1860. The van der Waals surface area contributed by atoms with Gasteiger partial charge in [0.25, 0.3) is 5.91 Å². The fourth-order valence-electron chi connectivity index (χ4n) is 4.19. The average Bonchev–Trinajstić information content (AvgIpc) is 3.41. The minimum atomic E-state index is -1.43. The van der Waals surface area contributed by atoms with Crippen molar-refractivity contribution in [2.45, 2.75) is 10.1 Å². The van der Waals surface area contributed by atoms with Gasteiger partial charge in [0.15, 0.2) is 5.13 Å². The van der Waals surface area contributed by atoms with Crippen LogP contribution in [0.3, 0.4) is 0 Å². The number of carbonyl (C=O) groups excluding carboxylic acids is 2. The SMILES string of the molecule is COc1ccc2nc(NC(=O)C(Sc3cccc(NC(=O)c4ccc(C(=O)O)cc4C(=O)O)c3)c3ccccc3)sc2c1. The van der Waals surface area contributed by atoms with Crippen LogP contribution in [0.4, 0.5) is 10.8 Å². The molecule has 0 aliphatic rings. The molecule has 0 bridgehead atoms. The third kappa shape index (κ3) is 6.83. The number of carboxylic acids is 2. The number of carboxylic acid groups (broad SMARTS) is 2. The summed E-state index contributed by atoms with van der Waals surface area (Å²) < 4.78 is 6.14. The van der Waals surface area contributed by atoms with Gasteiger partial charge in [-0.3, -0.25) is 9.59 Å². The summed E-state index contributed by atoms with van der Waals surface area (Å²) in [7, 11) is 1.58. The molecule has 12 heteroatoms. The number of aromatic carboxylic acids is 2. The number of ether oxygens (including phenoxy) is 1. The van der Waals surface area contributed by atoms with Crippen LogP contribution in [0.5, 0.6) is 5.75 Å². The zero-order valence-electron chi connectivity index (χ0n) is 22.4. The normalized spacial score (nSPS) is 11.5. The number of fused-ring (bicyclic) bond motifs is 1. The van der Waals surface area contributed by atoms with E-state index in [4.69, 9.17) is 4.74 Å². The second-order valence-corrected chi connectivity index (χ2v) is 11.3. The number of nitrogens with zero attached hydrogens (tertiary/aromatic N) is 1. The number of aromatic nitrogens is 1. The van der Waals surface area contributed by atoms with Gasteiger partial charge < -0.3 is 25.6 Å². The number of nitrogens with one attached hydrogen (secondary N) is 2. The molecule has 1 aromatic heterocycles. The molecular formula is C31H23N3O7S2. The zero-order chi connectivity index (χ0) is 30.5. The first-order valence-corrected chi connectivity index (χ1v) is 14.4. The highest BCUT2D eigenvalue weighted by Crippen LogP contribution is 2.38. The summed E-state index contributed by atoms with van der Waals surface area (Å²) >= 11 is 2.60. The second-order valence-electron chi connectivity index (χ2n) is 9.10. The van der Waals surface area contributed by atoms with E-state index in [1.807, 2.05) is 42.5 Å². The van der Waals surface area contributed by atoms with Crippen LogP contribution >= 0.6 is 23.1 Å². The van der Waals surface area contributed by atoms with Crippen molar-refractivity contribution in [2.75, 3.05) is 17.7 Å². The summed E-state index contributed by atoms with van der Waals surface area (Å²) in [5.41, 5.74) is 0.982. The van der Waals surface area contributed by atoms with Crippen molar-refractivity contribution in [3.05, 3.63) is 113 Å². The van der Waals surface area contributed by atoms with Crippen LogP contribution in [-0.2, 0) is 4.79 Å². The summed E-state index contributed by atoms with van der Waals surface area (Å²) in [5, 5.41) is 24.1. The van der Waals surface area contributed by atoms with Gasteiger partial charge in [-0.2, -0.15) is 0 Å². The lowest BCUT2D eigenvalue weighted by Crippen LogP contribution is -2.19. The molecule has 5 rings (SSSR count). The number of hydrogen-bond acceptors (Lipinski definition) is 8. The van der Waals surface area contributed by atoms with Crippen LogP contribution in [0, 0.1) is 0 Å². The van der Waals surface area contributed by atoms with Crippen LogP contribution in [0.15, 0.2) is 95.9 Å². The smallest absolute Gasteiger partial charge is 0.336 e. The third-order valence-electron chi connectivity index (χ3n) is 6.25. The summed E-state index contributed by atoms with van der Waals surface area (Å²) in [6.45, 7) is 0. The highest BCUT2D eigenvalue weighted by molar-refractivity contribution is 8.00. The predicted octanol–water partition coefficient (Wildman–Crippen LogP) is 6.43. The van der Waals surface area contributed by atoms with E-state index in [2.05, 4.69) is 15.6 Å². The largest absolute Gasteiger partial charge is 0.497 e. The lowest BCUT2D eigenvalue weighted by molar-refractivity contribution is -0.115. The molecule has 0 aliphatic carbocycles. The number of rotatable bonds is 10. The second kappa shape index (κ2) is 12.8. The summed E-state index contributed by atoms with van der Waals surface area (Å²) in [4.78, 5) is 54.7. The molecule has 10 nitrogen and oxygen atoms in total. The minimum absolute atomic E-state index is 0.189. The summed E-state index contributed by atoms with van der Waals surface area (Å²) in [6.07, 6.45) is 0. The van der Waals surface area contributed by atoms with Crippen LogP contribution in [0.1, 0.15) is 41.9 Å². The van der Waals surface area contributed by atoms with Crippen molar-refractivity contribution >= 4 is 67.9 Å². The van der Waals surface area contributed by atoms with Gasteiger partial charge in [-0.1, -0.05) is 47.7 Å². The fraction of sp³-hybridized carbons (Fsp3) is 0.0645. The van der Waals surface area contributed by atoms with Gasteiger partial charge in [0.1, 0.15) is 11.0 Å². The number of methoxy groups -OCH3 is 1. The Morgan fingerprint density at radius 3 is 2.35 bits per heavy atom. The molecule has 2 amide bonds. The molecule has 0 spiro atoms. The van der Waals surface area contributed by atoms with Gasteiger partial charge in [-0.15, -0.1) is 11.8 Å². The highest BCUT2D eigenvalue weighted by Gasteiger charge is 2.24. The molecule has 216 valence electrons. The van der Waals surface area contributed by atoms with Crippen LogP contribution in [0.25, 0.3) is 10.2 Å². The first-order valence-electron chi connectivity index (χ1n) is 12.7. The van der Waals surface area contributed by atoms with Crippen LogP contribution in [0.2, 0.25) is 0 Å². The van der Waals surface area contributed by atoms with Gasteiger partial charge in [0, 0.05) is 10.6 Å². The Kier molecular flexibility index (Phi) is 8.69. The van der Waals surface area contributed by atoms with Crippen molar-refractivity contribution in [1.82, 2.24) is 4.98 Å². The number of carbonyl (C=O) groups is 4.